The summed E-state index contributed by atoms with van der Waals surface area (Å²) in [6, 6.07) is 13.6. The van der Waals surface area contributed by atoms with Crippen molar-refractivity contribution in [1.29, 1.82) is 0 Å². The normalized spacial score (nSPS) is 18.2. The van der Waals surface area contributed by atoms with E-state index in [1.54, 1.807) is 42.5 Å². The average Bonchev–Trinajstić information content (AvgIpc) is 2.89. The molecule has 0 N–H and O–H groups in total. The van der Waals surface area contributed by atoms with E-state index in [4.69, 9.17) is 9.31 Å². The third-order valence-electron chi connectivity index (χ3n) is 5.31. The molecular formula is C22H24BFO4. The second-order valence-corrected chi connectivity index (χ2v) is 7.82. The summed E-state index contributed by atoms with van der Waals surface area (Å²) in [4.78, 5) is 11.5. The highest BCUT2D eigenvalue weighted by atomic mass is 19.1. The quantitative estimate of drug-likeness (QED) is 0.451. The van der Waals surface area contributed by atoms with Crippen LogP contribution in [0.3, 0.4) is 0 Å². The zero-order valence-electron chi connectivity index (χ0n) is 16.8. The van der Waals surface area contributed by atoms with E-state index in [0.717, 1.165) is 5.46 Å². The van der Waals surface area contributed by atoms with Crippen molar-refractivity contribution < 1.29 is 23.2 Å². The molecule has 1 saturated heterocycles. The summed E-state index contributed by atoms with van der Waals surface area (Å²) in [5.41, 5.74) is 1.35. The van der Waals surface area contributed by atoms with Gasteiger partial charge < -0.3 is 14.0 Å². The van der Waals surface area contributed by atoms with Gasteiger partial charge in [-0.25, -0.2) is 9.18 Å². The van der Waals surface area contributed by atoms with Crippen molar-refractivity contribution in [2.24, 2.45) is 0 Å². The van der Waals surface area contributed by atoms with Crippen molar-refractivity contribution in [1.82, 2.24) is 0 Å². The standard InChI is InChI=1S/C22H24BFO4/c1-21(2)22(3,4)28-23(27-21)18-8-6-7-17(14-18)19(24)13-15-9-11-16(12-10-15)20(25)26-5/h6-14H,1-5H3. The SMILES string of the molecule is COC(=O)c1ccc(C=C(F)c2cccc(B3OC(C)(C)C(C)(C)O3)c2)cc1. The number of rotatable bonds is 4. The molecule has 0 radical (unpaired) electrons. The number of hydrogen-bond donors (Lipinski definition) is 0. The van der Waals surface area contributed by atoms with Gasteiger partial charge in [0.1, 0.15) is 5.83 Å². The number of carbonyl (C=O) groups excluding carboxylic acids is 1. The number of hydrogen-bond acceptors (Lipinski definition) is 4. The molecular weight excluding hydrogens is 358 g/mol. The number of ether oxygens (including phenoxy) is 1. The Balaban J connectivity index is 1.82. The maximum absolute atomic E-state index is 14.8. The van der Waals surface area contributed by atoms with Crippen molar-refractivity contribution in [3.8, 4) is 0 Å². The van der Waals surface area contributed by atoms with Crippen LogP contribution in [0.4, 0.5) is 4.39 Å². The highest BCUT2D eigenvalue weighted by Gasteiger charge is 2.51. The van der Waals surface area contributed by atoms with Crippen LogP contribution in [0.2, 0.25) is 0 Å². The number of methoxy groups -OCH3 is 1. The van der Waals surface area contributed by atoms with Gasteiger partial charge in [-0.05, 0) is 56.9 Å². The van der Waals surface area contributed by atoms with Gasteiger partial charge in [-0.1, -0.05) is 36.4 Å². The van der Waals surface area contributed by atoms with Crippen LogP contribution in [0.5, 0.6) is 0 Å². The number of halogens is 1. The maximum Gasteiger partial charge on any atom is 0.494 e. The third-order valence-corrected chi connectivity index (χ3v) is 5.31. The summed E-state index contributed by atoms with van der Waals surface area (Å²) in [7, 11) is 0.778. The van der Waals surface area contributed by atoms with Gasteiger partial charge >= 0.3 is 13.1 Å². The first-order chi connectivity index (χ1) is 13.1. The average molecular weight is 382 g/mol. The molecule has 2 aromatic carbocycles. The van der Waals surface area contributed by atoms with E-state index in [1.807, 2.05) is 33.8 Å². The predicted molar refractivity (Wildman–Crippen MR) is 109 cm³/mol. The fraction of sp³-hybridized carbons (Fsp3) is 0.318. The van der Waals surface area contributed by atoms with E-state index in [9.17, 15) is 9.18 Å². The van der Waals surface area contributed by atoms with Gasteiger partial charge in [-0.3, -0.25) is 0 Å². The number of carbonyl (C=O) groups is 1. The lowest BCUT2D eigenvalue weighted by molar-refractivity contribution is 0.00578. The molecule has 0 unspecified atom stereocenters. The summed E-state index contributed by atoms with van der Waals surface area (Å²) < 4.78 is 31.6. The summed E-state index contributed by atoms with van der Waals surface area (Å²) in [6.07, 6.45) is 1.42. The first-order valence-electron chi connectivity index (χ1n) is 9.14. The van der Waals surface area contributed by atoms with Crippen LogP contribution in [-0.2, 0) is 14.0 Å². The Morgan fingerprint density at radius 1 is 1.00 bits per heavy atom. The van der Waals surface area contributed by atoms with Gasteiger partial charge in [-0.15, -0.1) is 0 Å². The fourth-order valence-electron chi connectivity index (χ4n) is 2.88. The Morgan fingerprint density at radius 3 is 2.18 bits per heavy atom. The molecule has 6 heteroatoms. The van der Waals surface area contributed by atoms with E-state index in [-0.39, 0.29) is 5.83 Å². The van der Waals surface area contributed by atoms with E-state index in [2.05, 4.69) is 4.74 Å². The van der Waals surface area contributed by atoms with E-state index in [1.165, 1.54) is 13.2 Å². The molecule has 4 nitrogen and oxygen atoms in total. The monoisotopic (exact) mass is 382 g/mol. The molecule has 0 aromatic heterocycles. The van der Waals surface area contributed by atoms with Crippen molar-refractivity contribution >= 4 is 30.5 Å². The van der Waals surface area contributed by atoms with Crippen LogP contribution in [0.1, 0.15) is 49.2 Å². The Labute approximate surface area is 165 Å². The lowest BCUT2D eigenvalue weighted by Crippen LogP contribution is -2.41. The molecule has 146 valence electrons. The molecule has 28 heavy (non-hydrogen) atoms. The Kier molecular flexibility index (Phi) is 5.46. The smallest absolute Gasteiger partial charge is 0.465 e. The molecule has 0 saturated carbocycles. The molecule has 0 spiro atoms. The molecule has 1 aliphatic heterocycles. The minimum Gasteiger partial charge on any atom is -0.465 e. The molecule has 1 heterocycles. The molecule has 2 aromatic rings. The highest BCUT2D eigenvalue weighted by Crippen LogP contribution is 2.36. The van der Waals surface area contributed by atoms with Gasteiger partial charge in [0.25, 0.3) is 0 Å². The van der Waals surface area contributed by atoms with Crippen LogP contribution < -0.4 is 5.46 Å². The largest absolute Gasteiger partial charge is 0.494 e. The lowest BCUT2D eigenvalue weighted by atomic mass is 9.78. The van der Waals surface area contributed by atoms with Gasteiger partial charge in [0.2, 0.25) is 0 Å². The summed E-state index contributed by atoms with van der Waals surface area (Å²) in [6.45, 7) is 7.93. The van der Waals surface area contributed by atoms with Crippen LogP contribution in [-0.4, -0.2) is 31.4 Å². The van der Waals surface area contributed by atoms with Crippen molar-refractivity contribution in [3.63, 3.8) is 0 Å². The van der Waals surface area contributed by atoms with Gasteiger partial charge in [-0.2, -0.15) is 0 Å². The van der Waals surface area contributed by atoms with Crippen molar-refractivity contribution in [2.75, 3.05) is 7.11 Å². The summed E-state index contributed by atoms with van der Waals surface area (Å²) in [5, 5.41) is 0. The predicted octanol–water partition coefficient (Wildman–Crippen LogP) is 4.24. The van der Waals surface area contributed by atoms with Crippen molar-refractivity contribution in [3.05, 3.63) is 65.2 Å². The van der Waals surface area contributed by atoms with Crippen LogP contribution in [0.15, 0.2) is 48.5 Å². The van der Waals surface area contributed by atoms with Crippen LogP contribution in [0, 0.1) is 0 Å². The Hall–Kier alpha value is -2.44. The van der Waals surface area contributed by atoms with Crippen LogP contribution in [0.25, 0.3) is 11.9 Å². The summed E-state index contributed by atoms with van der Waals surface area (Å²) in [5.74, 6) is -0.810. The molecule has 0 amide bonds. The minimum absolute atomic E-state index is 0.385. The van der Waals surface area contributed by atoms with E-state index >= 15 is 0 Å². The van der Waals surface area contributed by atoms with Gasteiger partial charge in [0.15, 0.2) is 0 Å². The lowest BCUT2D eigenvalue weighted by Gasteiger charge is -2.32. The van der Waals surface area contributed by atoms with Crippen LogP contribution >= 0.6 is 0 Å². The van der Waals surface area contributed by atoms with Crippen molar-refractivity contribution in [2.45, 2.75) is 38.9 Å². The second-order valence-electron chi connectivity index (χ2n) is 7.82. The first-order valence-corrected chi connectivity index (χ1v) is 9.14. The zero-order chi connectivity index (χ0) is 20.5. The molecule has 1 fully saturated rings. The molecule has 3 rings (SSSR count). The summed E-state index contributed by atoms with van der Waals surface area (Å²) >= 11 is 0. The van der Waals surface area contributed by atoms with Gasteiger partial charge in [0.05, 0.1) is 23.9 Å². The second kappa shape index (κ2) is 7.53. The molecule has 0 aliphatic carbocycles. The van der Waals surface area contributed by atoms with E-state index < -0.39 is 24.3 Å². The highest BCUT2D eigenvalue weighted by molar-refractivity contribution is 6.62. The Bertz CT molecular complexity index is 887. The first kappa shape index (κ1) is 20.3. The third kappa shape index (κ3) is 4.03. The molecule has 0 atom stereocenters. The fourth-order valence-corrected chi connectivity index (χ4v) is 2.88. The van der Waals surface area contributed by atoms with Gasteiger partial charge in [0, 0.05) is 5.56 Å². The minimum atomic E-state index is -0.544. The Morgan fingerprint density at radius 2 is 1.61 bits per heavy atom. The zero-order valence-corrected chi connectivity index (χ0v) is 16.8. The number of esters is 1. The topological polar surface area (TPSA) is 44.8 Å². The number of benzene rings is 2. The maximum atomic E-state index is 14.8. The molecule has 1 aliphatic rings. The molecule has 0 bridgehead atoms. The van der Waals surface area contributed by atoms with E-state index in [0.29, 0.717) is 16.7 Å².